The summed E-state index contributed by atoms with van der Waals surface area (Å²) in [4.78, 5) is 43.4. The number of fused-ring (bicyclic) bond motifs is 3. The fourth-order valence-corrected chi connectivity index (χ4v) is 4.91. The molecule has 7 heteroatoms. The summed E-state index contributed by atoms with van der Waals surface area (Å²) < 4.78 is 2.07. The van der Waals surface area contributed by atoms with Crippen molar-refractivity contribution in [1.29, 1.82) is 0 Å². The molecule has 0 saturated heterocycles. The molecule has 0 fully saturated rings. The van der Waals surface area contributed by atoms with Gasteiger partial charge < -0.3 is 9.88 Å². The minimum absolute atomic E-state index is 0.131. The second-order valence-corrected chi connectivity index (χ2v) is 8.34. The predicted octanol–water partition coefficient (Wildman–Crippen LogP) is 4.56. The van der Waals surface area contributed by atoms with Gasteiger partial charge in [0.15, 0.2) is 16.7 Å². The van der Waals surface area contributed by atoms with Crippen LogP contribution in [-0.4, -0.2) is 32.8 Å². The SMILES string of the molecule is CCn1c(SCC(=O)Nc2cccc3c2C(=O)c2ccccc2C3=O)nc2ccccc21. The number of nitrogens with zero attached hydrogens (tertiary/aromatic N) is 2. The molecule has 0 saturated carbocycles. The molecule has 5 rings (SSSR count). The molecule has 0 radical (unpaired) electrons. The topological polar surface area (TPSA) is 81.1 Å². The van der Waals surface area contributed by atoms with Crippen molar-refractivity contribution in [3.8, 4) is 0 Å². The summed E-state index contributed by atoms with van der Waals surface area (Å²) in [5, 5.41) is 3.59. The van der Waals surface area contributed by atoms with E-state index in [4.69, 9.17) is 0 Å². The van der Waals surface area contributed by atoms with E-state index in [1.54, 1.807) is 42.5 Å². The molecule has 3 aromatic carbocycles. The quantitative estimate of drug-likeness (QED) is 0.404. The fourth-order valence-electron chi connectivity index (χ4n) is 4.03. The predicted molar refractivity (Wildman–Crippen MR) is 125 cm³/mol. The maximum absolute atomic E-state index is 13.1. The third kappa shape index (κ3) is 3.31. The summed E-state index contributed by atoms with van der Waals surface area (Å²) in [6.45, 7) is 2.78. The maximum atomic E-state index is 13.1. The molecular weight excluding hydrogens is 422 g/mol. The summed E-state index contributed by atoms with van der Waals surface area (Å²) in [5.41, 5.74) is 3.57. The fraction of sp³-hybridized carbons (Fsp3) is 0.120. The van der Waals surface area contributed by atoms with Gasteiger partial charge in [0, 0.05) is 23.2 Å². The molecule has 158 valence electrons. The van der Waals surface area contributed by atoms with Gasteiger partial charge >= 0.3 is 0 Å². The number of anilines is 1. The van der Waals surface area contributed by atoms with E-state index in [0.29, 0.717) is 22.4 Å². The lowest BCUT2D eigenvalue weighted by molar-refractivity contribution is -0.113. The van der Waals surface area contributed by atoms with Crippen LogP contribution in [0.4, 0.5) is 5.69 Å². The third-order valence-corrected chi connectivity index (χ3v) is 6.47. The van der Waals surface area contributed by atoms with Gasteiger partial charge in [-0.05, 0) is 25.1 Å². The van der Waals surface area contributed by atoms with E-state index < -0.39 is 0 Å². The number of thioether (sulfide) groups is 1. The highest BCUT2D eigenvalue weighted by Crippen LogP contribution is 2.32. The van der Waals surface area contributed by atoms with Crippen molar-refractivity contribution in [2.75, 3.05) is 11.1 Å². The first kappa shape index (κ1) is 20.2. The van der Waals surface area contributed by atoms with Crippen LogP contribution in [0.5, 0.6) is 0 Å². The van der Waals surface area contributed by atoms with Gasteiger partial charge in [0.05, 0.1) is 28.0 Å². The second-order valence-electron chi connectivity index (χ2n) is 7.40. The molecule has 1 amide bonds. The number of rotatable bonds is 5. The van der Waals surface area contributed by atoms with Crippen LogP contribution in [0.25, 0.3) is 11.0 Å². The zero-order valence-corrected chi connectivity index (χ0v) is 18.1. The molecular formula is C25H19N3O3S. The van der Waals surface area contributed by atoms with Gasteiger partial charge in [-0.1, -0.05) is 60.3 Å². The van der Waals surface area contributed by atoms with E-state index in [1.807, 2.05) is 31.2 Å². The zero-order valence-electron chi connectivity index (χ0n) is 17.3. The van der Waals surface area contributed by atoms with Crippen LogP contribution in [0.15, 0.2) is 71.9 Å². The lowest BCUT2D eigenvalue weighted by Gasteiger charge is -2.20. The number of ketones is 2. The molecule has 0 bridgehead atoms. The number of hydrogen-bond acceptors (Lipinski definition) is 5. The lowest BCUT2D eigenvalue weighted by atomic mass is 9.83. The molecule has 0 aliphatic heterocycles. The van der Waals surface area contributed by atoms with Crippen LogP contribution < -0.4 is 5.32 Å². The number of amides is 1. The van der Waals surface area contributed by atoms with Crippen LogP contribution in [0, 0.1) is 0 Å². The first-order valence-corrected chi connectivity index (χ1v) is 11.3. The minimum atomic E-state index is -0.266. The Morgan fingerprint density at radius 1 is 0.906 bits per heavy atom. The van der Waals surface area contributed by atoms with E-state index in [2.05, 4.69) is 14.9 Å². The average Bonchev–Trinajstić information content (AvgIpc) is 3.18. The van der Waals surface area contributed by atoms with Crippen LogP contribution in [0.1, 0.15) is 38.8 Å². The van der Waals surface area contributed by atoms with Crippen molar-refractivity contribution in [1.82, 2.24) is 9.55 Å². The molecule has 32 heavy (non-hydrogen) atoms. The van der Waals surface area contributed by atoms with Crippen LogP contribution in [0.2, 0.25) is 0 Å². The molecule has 0 unspecified atom stereocenters. The second kappa shape index (κ2) is 8.09. The van der Waals surface area contributed by atoms with Gasteiger partial charge in [0.2, 0.25) is 5.91 Å². The van der Waals surface area contributed by atoms with E-state index in [0.717, 1.165) is 22.7 Å². The largest absolute Gasteiger partial charge is 0.325 e. The Hall–Kier alpha value is -3.71. The Kier molecular flexibility index (Phi) is 5.11. The van der Waals surface area contributed by atoms with Gasteiger partial charge in [-0.15, -0.1) is 0 Å². The normalized spacial score (nSPS) is 12.5. The number of para-hydroxylation sites is 2. The average molecular weight is 442 g/mol. The van der Waals surface area contributed by atoms with Gasteiger partial charge in [0.25, 0.3) is 0 Å². The summed E-state index contributed by atoms with van der Waals surface area (Å²) in [7, 11) is 0. The van der Waals surface area contributed by atoms with Crippen molar-refractivity contribution in [2.24, 2.45) is 0 Å². The molecule has 0 spiro atoms. The summed E-state index contributed by atoms with van der Waals surface area (Å²) >= 11 is 1.34. The van der Waals surface area contributed by atoms with Crippen molar-refractivity contribution in [3.63, 3.8) is 0 Å². The summed E-state index contributed by atoms with van der Waals surface area (Å²) in [6, 6.07) is 19.6. The Morgan fingerprint density at radius 2 is 1.59 bits per heavy atom. The minimum Gasteiger partial charge on any atom is -0.325 e. The van der Waals surface area contributed by atoms with Gasteiger partial charge in [0.1, 0.15) is 0 Å². The van der Waals surface area contributed by atoms with Crippen LogP contribution >= 0.6 is 11.8 Å². The smallest absolute Gasteiger partial charge is 0.234 e. The van der Waals surface area contributed by atoms with Gasteiger partial charge in [-0.2, -0.15) is 0 Å². The highest BCUT2D eigenvalue weighted by Gasteiger charge is 2.31. The van der Waals surface area contributed by atoms with Crippen LogP contribution in [0.3, 0.4) is 0 Å². The molecule has 1 aliphatic carbocycles. The molecule has 1 heterocycles. The Labute approximate surface area is 188 Å². The van der Waals surface area contributed by atoms with Crippen molar-refractivity contribution in [2.45, 2.75) is 18.6 Å². The standard InChI is InChI=1S/C25H19N3O3S/c1-2-28-20-13-6-5-11-18(20)27-25(28)32-14-21(29)26-19-12-7-10-17-22(19)24(31)16-9-4-3-8-15(16)23(17)30/h3-13H,2,14H2,1H3,(H,26,29). The molecule has 1 N–H and O–H groups in total. The van der Waals surface area contributed by atoms with E-state index in [1.165, 1.54) is 11.8 Å². The number of imidazole rings is 1. The summed E-state index contributed by atoms with van der Waals surface area (Å²) in [5.74, 6) is -0.604. The Morgan fingerprint density at radius 3 is 2.38 bits per heavy atom. The van der Waals surface area contributed by atoms with Crippen molar-refractivity contribution >= 4 is 46.0 Å². The maximum Gasteiger partial charge on any atom is 0.234 e. The number of hydrogen-bond donors (Lipinski definition) is 1. The number of carbonyl (C=O) groups excluding carboxylic acids is 3. The lowest BCUT2D eigenvalue weighted by Crippen LogP contribution is -2.24. The van der Waals surface area contributed by atoms with Crippen molar-refractivity contribution < 1.29 is 14.4 Å². The molecule has 1 aliphatic rings. The van der Waals surface area contributed by atoms with E-state index in [-0.39, 0.29) is 28.8 Å². The van der Waals surface area contributed by atoms with Crippen molar-refractivity contribution in [3.05, 3.63) is 89.0 Å². The molecule has 6 nitrogen and oxygen atoms in total. The number of carbonyl (C=O) groups is 3. The molecule has 4 aromatic rings. The third-order valence-electron chi connectivity index (χ3n) is 5.49. The first-order valence-electron chi connectivity index (χ1n) is 10.3. The van der Waals surface area contributed by atoms with Gasteiger partial charge in [-0.25, -0.2) is 4.98 Å². The Bertz CT molecular complexity index is 1410. The van der Waals surface area contributed by atoms with Crippen LogP contribution in [-0.2, 0) is 11.3 Å². The summed E-state index contributed by atoms with van der Waals surface area (Å²) in [6.07, 6.45) is 0. The zero-order chi connectivity index (χ0) is 22.2. The molecule has 1 aromatic heterocycles. The van der Waals surface area contributed by atoms with Gasteiger partial charge in [-0.3, -0.25) is 14.4 Å². The number of benzene rings is 3. The monoisotopic (exact) mass is 441 g/mol. The highest BCUT2D eigenvalue weighted by atomic mass is 32.2. The number of aromatic nitrogens is 2. The Balaban J connectivity index is 1.39. The van der Waals surface area contributed by atoms with E-state index in [9.17, 15) is 14.4 Å². The first-order chi connectivity index (χ1) is 15.6. The number of nitrogens with one attached hydrogen (secondary N) is 1. The highest BCUT2D eigenvalue weighted by molar-refractivity contribution is 7.99. The molecule has 0 atom stereocenters. The van der Waals surface area contributed by atoms with E-state index >= 15 is 0 Å². The number of aryl methyl sites for hydroxylation is 1.